The van der Waals surface area contributed by atoms with Crippen molar-refractivity contribution in [1.29, 1.82) is 0 Å². The van der Waals surface area contributed by atoms with Crippen molar-refractivity contribution >= 4 is 23.2 Å². The van der Waals surface area contributed by atoms with Crippen LogP contribution in [0, 0.1) is 0 Å². The van der Waals surface area contributed by atoms with Gasteiger partial charge in [-0.3, -0.25) is 9.59 Å². The Balaban J connectivity index is 1.83. The molecule has 3 rings (SSSR count). The quantitative estimate of drug-likeness (QED) is 0.909. The second-order valence-electron chi connectivity index (χ2n) is 5.71. The zero-order chi connectivity index (χ0) is 18.0. The summed E-state index contributed by atoms with van der Waals surface area (Å²) in [6.45, 7) is 2.58. The predicted molar refractivity (Wildman–Crippen MR) is 95.7 cm³/mol. The minimum Gasteiger partial charge on any atom is -0.497 e. The molecule has 0 bridgehead atoms. The van der Waals surface area contributed by atoms with E-state index in [1.165, 1.54) is 14.2 Å². The number of carbonyl (C=O) groups is 2. The highest BCUT2D eigenvalue weighted by molar-refractivity contribution is 6.06. The first-order chi connectivity index (χ1) is 12.0. The van der Waals surface area contributed by atoms with Crippen molar-refractivity contribution in [2.45, 2.75) is 13.3 Å². The number of rotatable bonds is 5. The Kier molecular flexibility index (Phi) is 4.61. The number of nitrogens with zero attached hydrogens (tertiary/aromatic N) is 1. The molecule has 0 unspecified atom stereocenters. The largest absolute Gasteiger partial charge is 0.497 e. The van der Waals surface area contributed by atoms with Crippen LogP contribution in [0.15, 0.2) is 36.4 Å². The lowest BCUT2D eigenvalue weighted by Crippen LogP contribution is -2.25. The van der Waals surface area contributed by atoms with Crippen LogP contribution in [0.5, 0.6) is 11.5 Å². The summed E-state index contributed by atoms with van der Waals surface area (Å²) in [5.41, 5.74) is 2.92. The van der Waals surface area contributed by atoms with E-state index >= 15 is 0 Å². The van der Waals surface area contributed by atoms with Gasteiger partial charge in [0.25, 0.3) is 5.91 Å². The first-order valence-corrected chi connectivity index (χ1v) is 8.03. The van der Waals surface area contributed by atoms with Gasteiger partial charge in [-0.15, -0.1) is 0 Å². The average molecular weight is 340 g/mol. The minimum absolute atomic E-state index is 0.0820. The normalized spacial score (nSPS) is 12.8. The summed E-state index contributed by atoms with van der Waals surface area (Å²) in [7, 11) is 3.07. The van der Waals surface area contributed by atoms with Gasteiger partial charge in [-0.1, -0.05) is 0 Å². The van der Waals surface area contributed by atoms with E-state index in [-0.39, 0.29) is 11.8 Å². The number of anilines is 2. The molecular formula is C19H20N2O4. The number of nitrogens with one attached hydrogen (secondary N) is 1. The fourth-order valence-corrected chi connectivity index (χ4v) is 2.95. The monoisotopic (exact) mass is 340 g/mol. The van der Waals surface area contributed by atoms with Crippen LogP contribution in [-0.4, -0.2) is 32.6 Å². The van der Waals surface area contributed by atoms with Crippen LogP contribution >= 0.6 is 0 Å². The lowest BCUT2D eigenvalue weighted by Gasteiger charge is -2.15. The third-order valence-corrected chi connectivity index (χ3v) is 4.20. The molecule has 1 N–H and O–H groups in total. The predicted octanol–water partition coefficient (Wildman–Crippen LogP) is 2.87. The highest BCUT2D eigenvalue weighted by Gasteiger charge is 2.26. The topological polar surface area (TPSA) is 67.9 Å². The van der Waals surface area contributed by atoms with Gasteiger partial charge in [-0.25, -0.2) is 0 Å². The van der Waals surface area contributed by atoms with Gasteiger partial charge < -0.3 is 19.7 Å². The summed E-state index contributed by atoms with van der Waals surface area (Å²) >= 11 is 0. The van der Waals surface area contributed by atoms with Crippen molar-refractivity contribution < 1.29 is 19.1 Å². The number of carbonyl (C=O) groups excluding carboxylic acids is 2. The van der Waals surface area contributed by atoms with Crippen molar-refractivity contribution in [3.63, 3.8) is 0 Å². The molecule has 1 heterocycles. The molecule has 2 aromatic rings. The molecule has 1 aliphatic rings. The van der Waals surface area contributed by atoms with Crippen molar-refractivity contribution in [2.75, 3.05) is 31.0 Å². The summed E-state index contributed by atoms with van der Waals surface area (Å²) in [4.78, 5) is 26.2. The third-order valence-electron chi connectivity index (χ3n) is 4.20. The van der Waals surface area contributed by atoms with E-state index in [2.05, 4.69) is 5.32 Å². The summed E-state index contributed by atoms with van der Waals surface area (Å²) in [6.07, 6.45) is 0.361. The molecule has 0 saturated carbocycles. The van der Waals surface area contributed by atoms with E-state index < -0.39 is 0 Å². The molecule has 1 aliphatic heterocycles. The Labute approximate surface area is 146 Å². The number of methoxy groups -OCH3 is 2. The zero-order valence-electron chi connectivity index (χ0n) is 14.5. The maximum Gasteiger partial charge on any atom is 0.255 e. The van der Waals surface area contributed by atoms with Gasteiger partial charge in [0.05, 0.1) is 20.6 Å². The van der Waals surface area contributed by atoms with Crippen molar-refractivity contribution in [3.05, 3.63) is 47.5 Å². The van der Waals surface area contributed by atoms with Crippen molar-refractivity contribution in [1.82, 2.24) is 0 Å². The maximum atomic E-state index is 12.5. The van der Waals surface area contributed by atoms with Crippen LogP contribution in [0.4, 0.5) is 11.4 Å². The van der Waals surface area contributed by atoms with E-state index in [1.807, 2.05) is 19.1 Å². The molecule has 0 aliphatic carbocycles. The number of fused-ring (bicyclic) bond motifs is 1. The second-order valence-corrected chi connectivity index (χ2v) is 5.71. The number of hydrogen-bond acceptors (Lipinski definition) is 4. The molecule has 0 spiro atoms. The SMILES string of the molecule is CCN1C(=O)Cc2cc(NC(=O)c3cc(OC)cc(OC)c3)ccc21. The van der Waals surface area contributed by atoms with Crippen LogP contribution < -0.4 is 19.7 Å². The van der Waals surface area contributed by atoms with Crippen LogP contribution in [0.2, 0.25) is 0 Å². The summed E-state index contributed by atoms with van der Waals surface area (Å²) in [6, 6.07) is 10.5. The summed E-state index contributed by atoms with van der Waals surface area (Å²) in [5, 5.41) is 2.86. The van der Waals surface area contributed by atoms with Gasteiger partial charge in [0.2, 0.25) is 5.91 Å². The molecule has 2 aromatic carbocycles. The number of amides is 2. The van der Waals surface area contributed by atoms with Crippen molar-refractivity contribution in [3.8, 4) is 11.5 Å². The molecular weight excluding hydrogens is 320 g/mol. The fourth-order valence-electron chi connectivity index (χ4n) is 2.95. The van der Waals surface area contributed by atoms with E-state index in [4.69, 9.17) is 9.47 Å². The number of hydrogen-bond donors (Lipinski definition) is 1. The smallest absolute Gasteiger partial charge is 0.255 e. The van der Waals surface area contributed by atoms with Gasteiger partial charge in [0, 0.05) is 29.5 Å². The average Bonchev–Trinajstić information content (AvgIpc) is 2.95. The van der Waals surface area contributed by atoms with Crippen LogP contribution in [0.25, 0.3) is 0 Å². The zero-order valence-corrected chi connectivity index (χ0v) is 14.5. The highest BCUT2D eigenvalue weighted by atomic mass is 16.5. The highest BCUT2D eigenvalue weighted by Crippen LogP contribution is 2.31. The number of ether oxygens (including phenoxy) is 2. The van der Waals surface area contributed by atoms with E-state index in [0.717, 1.165) is 11.3 Å². The van der Waals surface area contributed by atoms with E-state index in [9.17, 15) is 9.59 Å². The molecule has 0 saturated heterocycles. The van der Waals surface area contributed by atoms with Gasteiger partial charge in [-0.2, -0.15) is 0 Å². The first kappa shape index (κ1) is 16.8. The van der Waals surface area contributed by atoms with Crippen LogP contribution in [0.1, 0.15) is 22.8 Å². The van der Waals surface area contributed by atoms with Gasteiger partial charge >= 0.3 is 0 Å². The lowest BCUT2D eigenvalue weighted by molar-refractivity contribution is -0.117. The number of likely N-dealkylation sites (N-methyl/N-ethyl adjacent to an activating group) is 1. The molecule has 2 amide bonds. The maximum absolute atomic E-state index is 12.5. The van der Waals surface area contributed by atoms with Crippen molar-refractivity contribution in [2.24, 2.45) is 0 Å². The minimum atomic E-state index is -0.270. The Morgan fingerprint density at radius 2 is 1.80 bits per heavy atom. The van der Waals surface area contributed by atoms with E-state index in [1.54, 1.807) is 29.2 Å². The molecule has 6 nitrogen and oxygen atoms in total. The Morgan fingerprint density at radius 3 is 2.40 bits per heavy atom. The molecule has 25 heavy (non-hydrogen) atoms. The molecule has 0 aromatic heterocycles. The van der Waals surface area contributed by atoms with Crippen LogP contribution in [-0.2, 0) is 11.2 Å². The molecule has 0 fully saturated rings. The fraction of sp³-hybridized carbons (Fsp3) is 0.263. The molecule has 6 heteroatoms. The van der Waals surface area contributed by atoms with Gasteiger partial charge in [0.15, 0.2) is 0 Å². The first-order valence-electron chi connectivity index (χ1n) is 8.03. The third kappa shape index (κ3) is 3.28. The summed E-state index contributed by atoms with van der Waals surface area (Å²) in [5.74, 6) is 0.901. The van der Waals surface area contributed by atoms with Crippen LogP contribution in [0.3, 0.4) is 0 Å². The van der Waals surface area contributed by atoms with E-state index in [0.29, 0.717) is 35.7 Å². The summed E-state index contributed by atoms with van der Waals surface area (Å²) < 4.78 is 10.4. The van der Waals surface area contributed by atoms with Gasteiger partial charge in [0.1, 0.15) is 11.5 Å². The Hall–Kier alpha value is -3.02. The number of benzene rings is 2. The second kappa shape index (κ2) is 6.84. The Morgan fingerprint density at radius 1 is 1.12 bits per heavy atom. The standard InChI is InChI=1S/C19H20N2O4/c1-4-21-17-6-5-14(7-12(17)10-18(21)22)20-19(23)13-8-15(24-2)11-16(9-13)25-3/h5-9,11H,4,10H2,1-3H3,(H,20,23). The lowest BCUT2D eigenvalue weighted by atomic mass is 10.1. The molecule has 0 radical (unpaired) electrons. The molecule has 0 atom stereocenters. The Bertz CT molecular complexity index is 810. The van der Waals surface area contributed by atoms with Gasteiger partial charge in [-0.05, 0) is 42.8 Å². The molecule has 130 valence electrons.